The number of para-hydroxylation sites is 1. The minimum atomic E-state index is -0.243. The second kappa shape index (κ2) is 5.63. The van der Waals surface area contributed by atoms with Crippen LogP contribution in [0.3, 0.4) is 0 Å². The van der Waals surface area contributed by atoms with Crippen molar-refractivity contribution in [1.29, 1.82) is 0 Å². The minimum Gasteiger partial charge on any atom is -0.297 e. The van der Waals surface area contributed by atoms with Gasteiger partial charge in [-0.25, -0.2) is 9.37 Å². The van der Waals surface area contributed by atoms with Crippen LogP contribution in [-0.4, -0.2) is 33.2 Å². The van der Waals surface area contributed by atoms with E-state index in [0.29, 0.717) is 5.52 Å². The molecule has 3 aromatic rings. The summed E-state index contributed by atoms with van der Waals surface area (Å²) >= 11 is 0. The molecule has 1 fully saturated rings. The number of nitrogens with one attached hydrogen (secondary N) is 1. The van der Waals surface area contributed by atoms with E-state index in [9.17, 15) is 4.39 Å². The number of benzene rings is 1. The molecule has 0 bridgehead atoms. The first-order chi connectivity index (χ1) is 12.2. The monoisotopic (exact) mass is 336 g/mol. The fourth-order valence-corrected chi connectivity index (χ4v) is 4.70. The first-order valence-electron chi connectivity index (χ1n) is 9.03. The molecule has 2 aromatic heterocycles. The molecule has 1 N–H and O–H groups in total. The van der Waals surface area contributed by atoms with Gasteiger partial charge in [-0.15, -0.1) is 0 Å². The van der Waals surface area contributed by atoms with E-state index in [2.05, 4.69) is 20.1 Å². The van der Waals surface area contributed by atoms with Crippen LogP contribution < -0.4 is 0 Å². The van der Waals surface area contributed by atoms with Crippen LogP contribution in [0.1, 0.15) is 36.2 Å². The number of pyridine rings is 1. The number of aromatic nitrogens is 3. The molecule has 1 saturated heterocycles. The van der Waals surface area contributed by atoms with Gasteiger partial charge in [0.05, 0.1) is 11.9 Å². The van der Waals surface area contributed by atoms with Crippen molar-refractivity contribution in [2.45, 2.75) is 37.6 Å². The van der Waals surface area contributed by atoms with Gasteiger partial charge < -0.3 is 0 Å². The van der Waals surface area contributed by atoms with Gasteiger partial charge in [-0.05, 0) is 49.9 Å². The number of aromatic amines is 1. The first-order valence-corrected chi connectivity index (χ1v) is 9.03. The molecular weight excluding hydrogens is 315 g/mol. The number of aryl methyl sites for hydroxylation is 1. The maximum Gasteiger partial charge on any atom is 0.149 e. The molecule has 1 unspecified atom stereocenters. The highest BCUT2D eigenvalue weighted by molar-refractivity contribution is 5.79. The van der Waals surface area contributed by atoms with Gasteiger partial charge >= 0.3 is 0 Å². The number of hydrogen-bond donors (Lipinski definition) is 1. The van der Waals surface area contributed by atoms with Gasteiger partial charge in [0.1, 0.15) is 11.3 Å². The highest BCUT2D eigenvalue weighted by atomic mass is 19.1. The lowest BCUT2D eigenvalue weighted by molar-refractivity contribution is 0.135. The molecule has 1 spiro atoms. The molecule has 0 radical (unpaired) electrons. The summed E-state index contributed by atoms with van der Waals surface area (Å²) in [5.41, 5.74) is 4.36. The van der Waals surface area contributed by atoms with E-state index in [4.69, 9.17) is 0 Å². The Morgan fingerprint density at radius 2 is 2.16 bits per heavy atom. The van der Waals surface area contributed by atoms with Gasteiger partial charge in [0.2, 0.25) is 0 Å². The highest BCUT2D eigenvalue weighted by Gasteiger charge is 2.43. The van der Waals surface area contributed by atoms with Gasteiger partial charge in [-0.3, -0.25) is 10.00 Å². The highest BCUT2D eigenvalue weighted by Crippen LogP contribution is 2.44. The summed E-state index contributed by atoms with van der Waals surface area (Å²) < 4.78 is 14.0. The number of halogens is 1. The van der Waals surface area contributed by atoms with Crippen molar-refractivity contribution in [2.24, 2.45) is 0 Å². The molecule has 1 aliphatic carbocycles. The van der Waals surface area contributed by atoms with Crippen LogP contribution in [-0.2, 0) is 18.4 Å². The molecule has 0 amide bonds. The second-order valence-corrected chi connectivity index (χ2v) is 7.48. The van der Waals surface area contributed by atoms with Crippen molar-refractivity contribution in [3.8, 4) is 0 Å². The third-order valence-electron chi connectivity index (χ3n) is 5.89. The number of piperidine rings is 1. The van der Waals surface area contributed by atoms with Crippen molar-refractivity contribution in [2.75, 3.05) is 13.1 Å². The third kappa shape index (κ3) is 2.45. The Morgan fingerprint density at radius 3 is 3.12 bits per heavy atom. The Bertz CT molecular complexity index is 934. The number of nitrogens with zero attached hydrogens (tertiary/aromatic N) is 3. The summed E-state index contributed by atoms with van der Waals surface area (Å²) in [4.78, 5) is 7.05. The molecule has 25 heavy (non-hydrogen) atoms. The van der Waals surface area contributed by atoms with E-state index >= 15 is 0 Å². The summed E-state index contributed by atoms with van der Waals surface area (Å²) in [5, 5.41) is 8.36. The predicted molar refractivity (Wildman–Crippen MR) is 94.8 cm³/mol. The zero-order valence-corrected chi connectivity index (χ0v) is 14.1. The first kappa shape index (κ1) is 15.0. The average molecular weight is 336 g/mol. The summed E-state index contributed by atoms with van der Waals surface area (Å²) in [6, 6.07) is 9.12. The summed E-state index contributed by atoms with van der Waals surface area (Å²) in [6.07, 6.45) is 6.71. The fraction of sp³-hybridized carbons (Fsp3) is 0.400. The maximum absolute atomic E-state index is 14.0. The zero-order valence-electron chi connectivity index (χ0n) is 14.1. The zero-order chi connectivity index (χ0) is 16.9. The van der Waals surface area contributed by atoms with Crippen LogP contribution in [0.5, 0.6) is 0 Å². The SMILES string of the molecule is Fc1cccc2ccc(CN3CCCC4(CCc5cn[nH]c54)C3)nc12. The molecule has 4 nitrogen and oxygen atoms in total. The minimum absolute atomic E-state index is 0.214. The van der Waals surface area contributed by atoms with E-state index in [0.717, 1.165) is 37.1 Å². The van der Waals surface area contributed by atoms with E-state index in [1.54, 1.807) is 6.07 Å². The van der Waals surface area contributed by atoms with Crippen LogP contribution >= 0.6 is 0 Å². The van der Waals surface area contributed by atoms with E-state index in [-0.39, 0.29) is 11.2 Å². The molecule has 128 valence electrons. The molecule has 5 rings (SSSR count). The smallest absolute Gasteiger partial charge is 0.149 e. The molecular formula is C20H21FN4. The standard InChI is InChI=1S/C20H21FN4/c21-17-4-1-3-14-5-6-16(23-18(14)17)12-25-10-2-8-20(13-25)9-7-15-11-22-24-19(15)20/h1,3-6,11H,2,7-10,12-13H2,(H,22,24). The van der Waals surface area contributed by atoms with Crippen LogP contribution in [0.25, 0.3) is 10.9 Å². The fourth-order valence-electron chi connectivity index (χ4n) is 4.70. The van der Waals surface area contributed by atoms with Gasteiger partial charge in [0, 0.05) is 29.6 Å². The number of fused-ring (bicyclic) bond motifs is 3. The molecule has 0 saturated carbocycles. The van der Waals surface area contributed by atoms with Crippen molar-refractivity contribution in [3.05, 3.63) is 59.3 Å². The maximum atomic E-state index is 14.0. The van der Waals surface area contributed by atoms with Gasteiger partial charge in [0.15, 0.2) is 0 Å². The lowest BCUT2D eigenvalue weighted by atomic mass is 9.77. The van der Waals surface area contributed by atoms with E-state index < -0.39 is 0 Å². The largest absolute Gasteiger partial charge is 0.297 e. The normalized spacial score (nSPS) is 23.4. The predicted octanol–water partition coefficient (Wildman–Crippen LogP) is 3.58. The van der Waals surface area contributed by atoms with Crippen molar-refractivity contribution in [3.63, 3.8) is 0 Å². The molecule has 2 aliphatic rings. The van der Waals surface area contributed by atoms with Crippen molar-refractivity contribution < 1.29 is 4.39 Å². The quantitative estimate of drug-likeness (QED) is 0.778. The Hall–Kier alpha value is -2.27. The Morgan fingerprint density at radius 1 is 1.20 bits per heavy atom. The molecule has 1 atom stereocenters. The third-order valence-corrected chi connectivity index (χ3v) is 5.89. The summed E-state index contributed by atoms with van der Waals surface area (Å²) in [6.45, 7) is 2.87. The number of hydrogen-bond acceptors (Lipinski definition) is 3. The molecule has 5 heteroatoms. The summed E-state index contributed by atoms with van der Waals surface area (Å²) in [5.74, 6) is -0.243. The van der Waals surface area contributed by atoms with Crippen LogP contribution in [0, 0.1) is 5.82 Å². The number of likely N-dealkylation sites (tertiary alicyclic amines) is 1. The average Bonchev–Trinajstić information content (AvgIpc) is 3.21. The molecule has 1 aliphatic heterocycles. The Kier molecular flexibility index (Phi) is 3.38. The van der Waals surface area contributed by atoms with Gasteiger partial charge in [-0.2, -0.15) is 5.10 Å². The summed E-state index contributed by atoms with van der Waals surface area (Å²) in [7, 11) is 0. The van der Waals surface area contributed by atoms with Crippen LogP contribution in [0.4, 0.5) is 4.39 Å². The van der Waals surface area contributed by atoms with Crippen molar-refractivity contribution in [1.82, 2.24) is 20.1 Å². The molecule has 1 aromatic carbocycles. The van der Waals surface area contributed by atoms with E-state index in [1.165, 1.54) is 36.6 Å². The van der Waals surface area contributed by atoms with Crippen LogP contribution in [0.15, 0.2) is 36.5 Å². The van der Waals surface area contributed by atoms with E-state index in [1.807, 2.05) is 24.4 Å². The van der Waals surface area contributed by atoms with Crippen LogP contribution in [0.2, 0.25) is 0 Å². The second-order valence-electron chi connectivity index (χ2n) is 7.48. The topological polar surface area (TPSA) is 44.8 Å². The Labute approximate surface area is 146 Å². The lowest BCUT2D eigenvalue weighted by Gasteiger charge is -2.40. The van der Waals surface area contributed by atoms with Gasteiger partial charge in [0.25, 0.3) is 0 Å². The lowest BCUT2D eigenvalue weighted by Crippen LogP contribution is -2.44. The van der Waals surface area contributed by atoms with Crippen molar-refractivity contribution >= 4 is 10.9 Å². The van der Waals surface area contributed by atoms with Gasteiger partial charge in [-0.1, -0.05) is 18.2 Å². The Balaban J connectivity index is 1.41. The number of H-pyrrole nitrogens is 1. The number of rotatable bonds is 2. The molecule has 3 heterocycles.